The highest BCUT2D eigenvalue weighted by atomic mass is 35.5. The van der Waals surface area contributed by atoms with Gasteiger partial charge in [-0.1, -0.05) is 30.9 Å². The molecule has 1 aromatic rings. The fourth-order valence-corrected chi connectivity index (χ4v) is 3.87. The van der Waals surface area contributed by atoms with Gasteiger partial charge in [-0.25, -0.2) is 0 Å². The average Bonchev–Trinajstić information content (AvgIpc) is 2.56. The molecule has 2 fully saturated rings. The van der Waals surface area contributed by atoms with Crippen LogP contribution in [0.4, 0.5) is 0 Å². The van der Waals surface area contributed by atoms with Crippen molar-refractivity contribution < 1.29 is 4.79 Å². The first-order valence-electron chi connectivity index (χ1n) is 8.84. The van der Waals surface area contributed by atoms with E-state index in [1.807, 2.05) is 6.07 Å². The summed E-state index contributed by atoms with van der Waals surface area (Å²) in [4.78, 5) is 19.1. The Balaban J connectivity index is 1.43. The van der Waals surface area contributed by atoms with Gasteiger partial charge in [0.05, 0.1) is 5.69 Å². The normalized spacial score (nSPS) is 21.3. The quantitative estimate of drug-likeness (QED) is 0.917. The maximum Gasteiger partial charge on any atom is 0.223 e. The Hall–Kier alpha value is -1.13. The second kappa shape index (κ2) is 8.11. The van der Waals surface area contributed by atoms with Gasteiger partial charge in [-0.15, -0.1) is 0 Å². The molecule has 0 bridgehead atoms. The van der Waals surface area contributed by atoms with Gasteiger partial charge in [0.15, 0.2) is 0 Å². The summed E-state index contributed by atoms with van der Waals surface area (Å²) in [5.41, 5.74) is 1.00. The van der Waals surface area contributed by atoms with Gasteiger partial charge in [0.2, 0.25) is 5.91 Å². The van der Waals surface area contributed by atoms with E-state index in [1.54, 1.807) is 12.3 Å². The van der Waals surface area contributed by atoms with Crippen molar-refractivity contribution in [3.8, 4) is 0 Å². The van der Waals surface area contributed by atoms with Gasteiger partial charge in [-0.2, -0.15) is 0 Å². The van der Waals surface area contributed by atoms with Crippen LogP contribution in [0.1, 0.15) is 50.6 Å². The minimum absolute atomic E-state index is 0.181. The molecule has 2 aliphatic rings. The van der Waals surface area contributed by atoms with Gasteiger partial charge in [0, 0.05) is 29.7 Å². The summed E-state index contributed by atoms with van der Waals surface area (Å²) >= 11 is 6.01. The zero-order valence-electron chi connectivity index (χ0n) is 13.6. The number of nitrogens with one attached hydrogen (secondary N) is 1. The molecule has 1 aromatic heterocycles. The van der Waals surface area contributed by atoms with E-state index >= 15 is 0 Å². The van der Waals surface area contributed by atoms with Crippen molar-refractivity contribution in [2.75, 3.05) is 13.1 Å². The Bertz CT molecular complexity index is 523. The molecule has 3 rings (SSSR count). The number of aromatic nitrogens is 1. The van der Waals surface area contributed by atoms with Gasteiger partial charge < -0.3 is 5.32 Å². The lowest BCUT2D eigenvalue weighted by Gasteiger charge is -2.32. The molecule has 0 spiro atoms. The van der Waals surface area contributed by atoms with Gasteiger partial charge >= 0.3 is 0 Å². The molecular formula is C18H26ClN3O. The zero-order chi connectivity index (χ0) is 16.1. The number of carbonyl (C=O) groups is 1. The first-order valence-corrected chi connectivity index (χ1v) is 9.21. The van der Waals surface area contributed by atoms with Gasteiger partial charge in [0.25, 0.3) is 0 Å². The predicted octanol–water partition coefficient (Wildman–Crippen LogP) is 3.40. The van der Waals surface area contributed by atoms with Crippen LogP contribution in [0.2, 0.25) is 5.02 Å². The number of hydrogen-bond acceptors (Lipinski definition) is 3. The number of piperidine rings is 1. The third kappa shape index (κ3) is 4.92. The molecule has 1 amide bonds. The van der Waals surface area contributed by atoms with Gasteiger partial charge in [-0.05, 0) is 50.9 Å². The Labute approximate surface area is 143 Å². The molecule has 0 unspecified atom stereocenters. The number of rotatable bonds is 4. The van der Waals surface area contributed by atoms with Crippen LogP contribution in [-0.2, 0) is 11.3 Å². The Morgan fingerprint density at radius 1 is 1.22 bits per heavy atom. The predicted molar refractivity (Wildman–Crippen MR) is 92.3 cm³/mol. The molecule has 0 radical (unpaired) electrons. The third-order valence-corrected chi connectivity index (χ3v) is 5.31. The summed E-state index contributed by atoms with van der Waals surface area (Å²) in [6.45, 7) is 2.73. The van der Waals surface area contributed by atoms with E-state index in [2.05, 4.69) is 15.2 Å². The Kier molecular flexibility index (Phi) is 5.90. The summed E-state index contributed by atoms with van der Waals surface area (Å²) in [7, 11) is 0. The molecule has 1 saturated carbocycles. The summed E-state index contributed by atoms with van der Waals surface area (Å²) in [6, 6.07) is 4.14. The van der Waals surface area contributed by atoms with E-state index in [0.717, 1.165) is 56.0 Å². The fourth-order valence-electron chi connectivity index (χ4n) is 3.68. The third-order valence-electron chi connectivity index (χ3n) is 5.07. The van der Waals surface area contributed by atoms with Crippen LogP contribution in [0.5, 0.6) is 0 Å². The van der Waals surface area contributed by atoms with Crippen molar-refractivity contribution in [2.24, 2.45) is 5.92 Å². The van der Waals surface area contributed by atoms with E-state index in [1.165, 1.54) is 19.3 Å². The lowest BCUT2D eigenvalue weighted by Crippen LogP contribution is -2.44. The van der Waals surface area contributed by atoms with Crippen molar-refractivity contribution in [1.29, 1.82) is 0 Å². The number of halogens is 1. The second-order valence-corrected chi connectivity index (χ2v) is 7.30. The first-order chi connectivity index (χ1) is 11.2. The zero-order valence-corrected chi connectivity index (χ0v) is 14.4. The van der Waals surface area contributed by atoms with Crippen LogP contribution in [0.25, 0.3) is 0 Å². The number of carbonyl (C=O) groups excluding carboxylic acids is 1. The van der Waals surface area contributed by atoms with Crippen LogP contribution in [0.15, 0.2) is 18.3 Å². The molecule has 23 heavy (non-hydrogen) atoms. The van der Waals surface area contributed by atoms with E-state index < -0.39 is 0 Å². The lowest BCUT2D eigenvalue weighted by atomic mass is 9.92. The molecule has 1 aliphatic heterocycles. The molecular weight excluding hydrogens is 310 g/mol. The highest BCUT2D eigenvalue weighted by Gasteiger charge is 2.27. The molecule has 5 heteroatoms. The molecule has 1 N–H and O–H groups in total. The number of likely N-dealkylation sites (tertiary alicyclic amines) is 1. The molecule has 1 saturated heterocycles. The highest BCUT2D eigenvalue weighted by Crippen LogP contribution is 2.22. The first kappa shape index (κ1) is 16.7. The molecule has 126 valence electrons. The Morgan fingerprint density at radius 3 is 2.65 bits per heavy atom. The van der Waals surface area contributed by atoms with Crippen molar-refractivity contribution in [3.63, 3.8) is 0 Å². The molecule has 1 aliphatic carbocycles. The van der Waals surface area contributed by atoms with Crippen LogP contribution >= 0.6 is 11.6 Å². The van der Waals surface area contributed by atoms with E-state index in [0.29, 0.717) is 6.04 Å². The van der Waals surface area contributed by atoms with Gasteiger partial charge in [-0.3, -0.25) is 14.7 Å². The summed E-state index contributed by atoms with van der Waals surface area (Å²) in [6.07, 6.45) is 9.80. The number of hydrogen-bond donors (Lipinski definition) is 1. The molecule has 0 aromatic carbocycles. The van der Waals surface area contributed by atoms with E-state index in [-0.39, 0.29) is 11.8 Å². The minimum Gasteiger partial charge on any atom is -0.353 e. The van der Waals surface area contributed by atoms with Crippen LogP contribution in [-0.4, -0.2) is 34.9 Å². The van der Waals surface area contributed by atoms with Crippen molar-refractivity contribution >= 4 is 17.5 Å². The molecule has 4 nitrogen and oxygen atoms in total. The lowest BCUT2D eigenvalue weighted by molar-refractivity contribution is -0.127. The summed E-state index contributed by atoms with van der Waals surface area (Å²) in [5.74, 6) is 0.456. The maximum absolute atomic E-state index is 12.4. The van der Waals surface area contributed by atoms with Crippen molar-refractivity contribution in [3.05, 3.63) is 29.0 Å². The van der Waals surface area contributed by atoms with Crippen molar-refractivity contribution in [1.82, 2.24) is 15.2 Å². The number of nitrogens with zero attached hydrogens (tertiary/aromatic N) is 2. The standard InChI is InChI=1S/C18H26ClN3O/c19-15-6-9-20-17(12-15)13-22-10-7-14(8-11-22)18(23)21-16-4-2-1-3-5-16/h6,9,12,14,16H,1-5,7-8,10-11,13H2,(H,21,23). The monoisotopic (exact) mass is 335 g/mol. The number of pyridine rings is 1. The minimum atomic E-state index is 0.181. The Morgan fingerprint density at radius 2 is 1.96 bits per heavy atom. The average molecular weight is 336 g/mol. The summed E-state index contributed by atoms with van der Waals surface area (Å²) < 4.78 is 0. The molecule has 0 atom stereocenters. The largest absolute Gasteiger partial charge is 0.353 e. The summed E-state index contributed by atoms with van der Waals surface area (Å²) in [5, 5.41) is 4.01. The van der Waals surface area contributed by atoms with Crippen LogP contribution in [0.3, 0.4) is 0 Å². The molecule has 2 heterocycles. The van der Waals surface area contributed by atoms with Crippen LogP contribution < -0.4 is 5.32 Å². The second-order valence-electron chi connectivity index (χ2n) is 6.86. The number of amides is 1. The van der Waals surface area contributed by atoms with E-state index in [4.69, 9.17) is 11.6 Å². The van der Waals surface area contributed by atoms with E-state index in [9.17, 15) is 4.79 Å². The smallest absolute Gasteiger partial charge is 0.223 e. The fraction of sp³-hybridized carbons (Fsp3) is 0.667. The van der Waals surface area contributed by atoms with Gasteiger partial charge in [0.1, 0.15) is 0 Å². The maximum atomic E-state index is 12.4. The topological polar surface area (TPSA) is 45.2 Å². The highest BCUT2D eigenvalue weighted by molar-refractivity contribution is 6.30. The SMILES string of the molecule is O=C(NC1CCCCC1)C1CCN(Cc2cc(Cl)ccn2)CC1. The van der Waals surface area contributed by atoms with Crippen LogP contribution in [0, 0.1) is 5.92 Å². The van der Waals surface area contributed by atoms with Crippen molar-refractivity contribution in [2.45, 2.75) is 57.5 Å².